The Morgan fingerprint density at radius 1 is 1.09 bits per heavy atom. The second kappa shape index (κ2) is 4.98. The van der Waals surface area contributed by atoms with Gasteiger partial charge in [0.25, 0.3) is 5.56 Å². The molecule has 1 N–H and O–H groups in total. The lowest BCUT2D eigenvalue weighted by molar-refractivity contribution is -0.137. The molecule has 0 unspecified atom stereocenters. The molecule has 0 amide bonds. The highest BCUT2D eigenvalue weighted by Gasteiger charge is 2.33. The number of H-pyrrole nitrogens is 1. The summed E-state index contributed by atoms with van der Waals surface area (Å²) in [6, 6.07) is 9.82. The van der Waals surface area contributed by atoms with Crippen LogP contribution in [0.25, 0.3) is 22.0 Å². The average molecular weight is 304 g/mol. The normalized spacial score (nSPS) is 11.8. The van der Waals surface area contributed by atoms with Crippen molar-refractivity contribution in [3.63, 3.8) is 0 Å². The Hall–Kier alpha value is -2.63. The van der Waals surface area contributed by atoms with Gasteiger partial charge in [-0.2, -0.15) is 13.2 Å². The van der Waals surface area contributed by atoms with E-state index < -0.39 is 11.7 Å². The number of nitrogens with zero attached hydrogens (tertiary/aromatic N) is 1. The Morgan fingerprint density at radius 3 is 2.55 bits per heavy atom. The Morgan fingerprint density at radius 2 is 1.82 bits per heavy atom. The van der Waals surface area contributed by atoms with Crippen LogP contribution < -0.4 is 5.56 Å². The molecule has 0 aliphatic rings. The molecular formula is C16H11F3N2O. The molecule has 3 nitrogen and oxygen atoms in total. The maximum Gasteiger partial charge on any atom is 0.417 e. The van der Waals surface area contributed by atoms with Crippen LogP contribution in [-0.4, -0.2) is 9.97 Å². The molecule has 0 aliphatic heterocycles. The van der Waals surface area contributed by atoms with Crippen LogP contribution in [0.4, 0.5) is 13.2 Å². The molecular weight excluding hydrogens is 293 g/mol. The molecule has 6 heteroatoms. The third-order valence-corrected chi connectivity index (χ3v) is 3.37. The number of alkyl halides is 3. The molecule has 0 radical (unpaired) electrons. The van der Waals surface area contributed by atoms with Gasteiger partial charge in [0.2, 0.25) is 0 Å². The van der Waals surface area contributed by atoms with Gasteiger partial charge in [0.05, 0.1) is 16.5 Å². The minimum absolute atomic E-state index is 0.0388. The smallest absolute Gasteiger partial charge is 0.310 e. The lowest BCUT2D eigenvalue weighted by Crippen LogP contribution is -2.10. The first-order valence-electron chi connectivity index (χ1n) is 6.53. The van der Waals surface area contributed by atoms with E-state index in [1.165, 1.54) is 24.3 Å². The molecule has 0 spiro atoms. The van der Waals surface area contributed by atoms with Gasteiger partial charge in [0, 0.05) is 0 Å². The summed E-state index contributed by atoms with van der Waals surface area (Å²) in [5, 5.41) is 0.264. The summed E-state index contributed by atoms with van der Waals surface area (Å²) in [7, 11) is 0. The third kappa shape index (κ3) is 2.47. The molecule has 1 heterocycles. The van der Waals surface area contributed by atoms with Crippen molar-refractivity contribution < 1.29 is 13.2 Å². The molecule has 22 heavy (non-hydrogen) atoms. The van der Waals surface area contributed by atoms with Gasteiger partial charge in [-0.1, -0.05) is 24.3 Å². The lowest BCUT2D eigenvalue weighted by Gasteiger charge is -2.13. The number of fused-ring (bicyclic) bond motifs is 1. The summed E-state index contributed by atoms with van der Waals surface area (Å²) in [4.78, 5) is 18.7. The van der Waals surface area contributed by atoms with Crippen LogP contribution in [-0.2, 0) is 6.18 Å². The summed E-state index contributed by atoms with van der Waals surface area (Å²) in [6.07, 6.45) is -4.45. The standard InChI is InChI=1S/C16H11F3N2O/c1-9-20-14-7-6-10(8-12(14)15(22)21-9)11-4-2-3-5-13(11)16(17,18)19/h2-8H,1H3,(H,20,21,22). The number of rotatable bonds is 1. The summed E-state index contributed by atoms with van der Waals surface area (Å²) < 4.78 is 39.3. The molecule has 1 aromatic heterocycles. The van der Waals surface area contributed by atoms with Crippen LogP contribution >= 0.6 is 0 Å². The molecule has 0 saturated carbocycles. The first-order chi connectivity index (χ1) is 10.4. The Bertz CT molecular complexity index is 913. The Kier molecular flexibility index (Phi) is 3.24. The zero-order valence-corrected chi connectivity index (χ0v) is 11.5. The zero-order valence-electron chi connectivity index (χ0n) is 11.5. The monoisotopic (exact) mass is 304 g/mol. The third-order valence-electron chi connectivity index (χ3n) is 3.37. The molecule has 3 aromatic rings. The maximum atomic E-state index is 13.1. The summed E-state index contributed by atoms with van der Waals surface area (Å²) in [6.45, 7) is 1.65. The molecule has 0 bridgehead atoms. The Labute approximate surface area is 123 Å². The van der Waals surface area contributed by atoms with Crippen molar-refractivity contribution in [1.82, 2.24) is 9.97 Å². The molecule has 0 fully saturated rings. The van der Waals surface area contributed by atoms with E-state index in [2.05, 4.69) is 9.97 Å². The fourth-order valence-electron chi connectivity index (χ4n) is 2.41. The molecule has 2 aromatic carbocycles. The highest BCUT2D eigenvalue weighted by molar-refractivity contribution is 5.84. The number of aryl methyl sites for hydroxylation is 1. The summed E-state index contributed by atoms with van der Waals surface area (Å²) >= 11 is 0. The maximum absolute atomic E-state index is 13.1. The van der Waals surface area contributed by atoms with Crippen molar-refractivity contribution in [3.05, 3.63) is 64.2 Å². The van der Waals surface area contributed by atoms with Gasteiger partial charge in [-0.25, -0.2) is 4.98 Å². The van der Waals surface area contributed by atoms with Gasteiger partial charge in [-0.3, -0.25) is 4.79 Å². The van der Waals surface area contributed by atoms with Crippen molar-refractivity contribution >= 4 is 10.9 Å². The molecule has 112 valence electrons. The highest BCUT2D eigenvalue weighted by Crippen LogP contribution is 2.37. The number of halogens is 3. The van der Waals surface area contributed by atoms with Gasteiger partial charge in [0.1, 0.15) is 5.82 Å². The number of aromatic nitrogens is 2. The minimum atomic E-state index is -4.45. The molecule has 0 aliphatic carbocycles. The zero-order chi connectivity index (χ0) is 15.9. The molecule has 0 saturated heterocycles. The number of aromatic amines is 1. The van der Waals surface area contributed by atoms with Crippen molar-refractivity contribution in [2.24, 2.45) is 0 Å². The summed E-state index contributed by atoms with van der Waals surface area (Å²) in [5.41, 5.74) is -0.275. The first kappa shape index (κ1) is 14.3. The van der Waals surface area contributed by atoms with Crippen LogP contribution in [0.1, 0.15) is 11.4 Å². The fourth-order valence-corrected chi connectivity index (χ4v) is 2.41. The van der Waals surface area contributed by atoms with Crippen molar-refractivity contribution in [1.29, 1.82) is 0 Å². The van der Waals surface area contributed by atoms with Gasteiger partial charge in [-0.05, 0) is 36.2 Å². The van der Waals surface area contributed by atoms with E-state index in [1.807, 2.05) is 0 Å². The van der Waals surface area contributed by atoms with E-state index in [4.69, 9.17) is 0 Å². The number of nitrogens with one attached hydrogen (secondary N) is 1. The lowest BCUT2D eigenvalue weighted by atomic mass is 9.98. The van der Waals surface area contributed by atoms with Gasteiger partial charge < -0.3 is 4.98 Å². The number of hydrogen-bond acceptors (Lipinski definition) is 2. The predicted molar refractivity (Wildman–Crippen MR) is 77.5 cm³/mol. The Balaban J connectivity index is 2.27. The SMILES string of the molecule is Cc1nc2ccc(-c3ccccc3C(F)(F)F)cc2c(=O)[nH]1. The predicted octanol–water partition coefficient (Wildman–Crippen LogP) is 3.92. The minimum Gasteiger partial charge on any atom is -0.310 e. The van der Waals surface area contributed by atoms with Crippen molar-refractivity contribution in [3.8, 4) is 11.1 Å². The van der Waals surface area contributed by atoms with Crippen LogP contribution in [0.3, 0.4) is 0 Å². The van der Waals surface area contributed by atoms with Gasteiger partial charge >= 0.3 is 6.18 Å². The van der Waals surface area contributed by atoms with Gasteiger partial charge in [-0.15, -0.1) is 0 Å². The largest absolute Gasteiger partial charge is 0.417 e. The quantitative estimate of drug-likeness (QED) is 0.740. The fraction of sp³-hybridized carbons (Fsp3) is 0.125. The van der Waals surface area contributed by atoms with E-state index in [0.29, 0.717) is 16.9 Å². The van der Waals surface area contributed by atoms with Crippen LogP contribution in [0.5, 0.6) is 0 Å². The molecule has 0 atom stereocenters. The first-order valence-corrected chi connectivity index (χ1v) is 6.53. The van der Waals surface area contributed by atoms with Gasteiger partial charge in [0.15, 0.2) is 0 Å². The van der Waals surface area contributed by atoms with Crippen LogP contribution in [0.15, 0.2) is 47.3 Å². The van der Waals surface area contributed by atoms with Crippen molar-refractivity contribution in [2.45, 2.75) is 13.1 Å². The number of hydrogen-bond donors (Lipinski definition) is 1. The topological polar surface area (TPSA) is 45.8 Å². The number of benzene rings is 2. The highest BCUT2D eigenvalue weighted by atomic mass is 19.4. The van der Waals surface area contributed by atoms with E-state index >= 15 is 0 Å². The van der Waals surface area contributed by atoms with Crippen LogP contribution in [0.2, 0.25) is 0 Å². The van der Waals surface area contributed by atoms with Crippen LogP contribution in [0, 0.1) is 6.92 Å². The van der Waals surface area contributed by atoms with Crippen molar-refractivity contribution in [2.75, 3.05) is 0 Å². The average Bonchev–Trinajstić information content (AvgIpc) is 2.46. The van der Waals surface area contributed by atoms with E-state index in [1.54, 1.807) is 19.1 Å². The second-order valence-corrected chi connectivity index (χ2v) is 4.93. The van der Waals surface area contributed by atoms with E-state index in [0.717, 1.165) is 6.07 Å². The van der Waals surface area contributed by atoms with E-state index in [-0.39, 0.29) is 16.5 Å². The summed E-state index contributed by atoms with van der Waals surface area (Å²) in [5.74, 6) is 0.459. The van der Waals surface area contributed by atoms with E-state index in [9.17, 15) is 18.0 Å². The molecule has 3 rings (SSSR count). The second-order valence-electron chi connectivity index (χ2n) is 4.93.